The van der Waals surface area contributed by atoms with Crippen LogP contribution < -0.4 is 10.1 Å². The van der Waals surface area contributed by atoms with E-state index in [1.165, 1.54) is 0 Å². The van der Waals surface area contributed by atoms with E-state index in [1.807, 2.05) is 19.9 Å². The third-order valence-corrected chi connectivity index (χ3v) is 5.01. The highest BCUT2D eigenvalue weighted by Gasteiger charge is 2.40. The minimum atomic E-state index is -1.08. The number of para-hydroxylation sites is 1. The first kappa shape index (κ1) is 21.3. The molecule has 0 bridgehead atoms. The van der Waals surface area contributed by atoms with E-state index in [9.17, 15) is 20.1 Å². The molecule has 1 aliphatic rings. The number of nitrogens with one attached hydrogen (secondary N) is 1. The van der Waals surface area contributed by atoms with Gasteiger partial charge in [0, 0.05) is 5.56 Å². The van der Waals surface area contributed by atoms with Gasteiger partial charge in [-0.2, -0.15) is 10.5 Å². The lowest BCUT2D eigenvalue weighted by Gasteiger charge is -2.29. The standard InChI is InChI=1S/C20H21N3O4S/c1-3-9-27-17(24)12-28-20-15(11-22)18(14(10-21)19(25)23-20)13-7-5-6-8-16(13)26-4-2/h5-8,14,18H,3-4,9,12H2,1-2H3,(H,23,25)/t14-,18+/m0/s1. The van der Waals surface area contributed by atoms with Crippen molar-refractivity contribution in [1.29, 1.82) is 10.5 Å². The third kappa shape index (κ3) is 4.85. The number of nitriles is 2. The highest BCUT2D eigenvalue weighted by molar-refractivity contribution is 8.03. The summed E-state index contributed by atoms with van der Waals surface area (Å²) in [6.45, 7) is 4.44. The molecule has 0 saturated carbocycles. The Balaban J connectivity index is 2.43. The number of amides is 1. The van der Waals surface area contributed by atoms with Crippen molar-refractivity contribution in [2.45, 2.75) is 26.2 Å². The van der Waals surface area contributed by atoms with Crippen LogP contribution in [0.15, 0.2) is 34.9 Å². The molecule has 7 nitrogen and oxygen atoms in total. The second-order valence-electron chi connectivity index (χ2n) is 5.91. The van der Waals surface area contributed by atoms with Crippen LogP contribution in [-0.2, 0) is 14.3 Å². The fraction of sp³-hybridized carbons (Fsp3) is 0.400. The number of rotatable bonds is 8. The van der Waals surface area contributed by atoms with Crippen LogP contribution in [-0.4, -0.2) is 30.8 Å². The Hall–Kier alpha value is -2.97. The minimum Gasteiger partial charge on any atom is -0.494 e. The Morgan fingerprint density at radius 2 is 2.04 bits per heavy atom. The maximum Gasteiger partial charge on any atom is 0.316 e. The van der Waals surface area contributed by atoms with E-state index in [4.69, 9.17) is 9.47 Å². The lowest BCUT2D eigenvalue weighted by molar-refractivity contribution is -0.140. The molecule has 1 amide bonds. The molecule has 28 heavy (non-hydrogen) atoms. The molecule has 0 spiro atoms. The lowest BCUT2D eigenvalue weighted by Crippen LogP contribution is -2.39. The van der Waals surface area contributed by atoms with E-state index >= 15 is 0 Å². The van der Waals surface area contributed by atoms with Gasteiger partial charge in [0.15, 0.2) is 0 Å². The van der Waals surface area contributed by atoms with E-state index in [1.54, 1.807) is 24.3 Å². The molecule has 2 atom stereocenters. The average Bonchev–Trinajstić information content (AvgIpc) is 2.70. The second-order valence-corrected chi connectivity index (χ2v) is 6.89. The summed E-state index contributed by atoms with van der Waals surface area (Å²) in [7, 11) is 0. The molecule has 0 saturated heterocycles. The van der Waals surface area contributed by atoms with Gasteiger partial charge >= 0.3 is 5.97 Å². The molecule has 1 aliphatic heterocycles. The van der Waals surface area contributed by atoms with Crippen LogP contribution in [0.5, 0.6) is 5.75 Å². The van der Waals surface area contributed by atoms with Crippen LogP contribution in [0.4, 0.5) is 0 Å². The Morgan fingerprint density at radius 1 is 1.29 bits per heavy atom. The molecule has 0 fully saturated rings. The summed E-state index contributed by atoms with van der Waals surface area (Å²) in [4.78, 5) is 24.3. The average molecular weight is 399 g/mol. The predicted molar refractivity (Wildman–Crippen MR) is 104 cm³/mol. The molecule has 1 aromatic carbocycles. The van der Waals surface area contributed by atoms with Crippen LogP contribution in [0.3, 0.4) is 0 Å². The third-order valence-electron chi connectivity index (χ3n) is 4.02. The molecule has 0 radical (unpaired) electrons. The van der Waals surface area contributed by atoms with Crippen molar-refractivity contribution < 1.29 is 19.1 Å². The quantitative estimate of drug-likeness (QED) is 0.669. The number of hydrogen-bond donors (Lipinski definition) is 1. The molecule has 1 N–H and O–H groups in total. The van der Waals surface area contributed by atoms with Crippen molar-refractivity contribution in [3.63, 3.8) is 0 Å². The van der Waals surface area contributed by atoms with Gasteiger partial charge < -0.3 is 14.8 Å². The molecular weight excluding hydrogens is 378 g/mol. The first-order valence-electron chi connectivity index (χ1n) is 8.92. The SMILES string of the molecule is CCCOC(=O)CSC1=C(C#N)[C@H](c2ccccc2OCC)[C@H](C#N)C(=O)N1. The smallest absolute Gasteiger partial charge is 0.316 e. The van der Waals surface area contributed by atoms with Gasteiger partial charge in [0.1, 0.15) is 11.7 Å². The van der Waals surface area contributed by atoms with Crippen LogP contribution in [0, 0.1) is 28.6 Å². The molecular formula is C20H21N3O4S. The Kier molecular flexibility index (Phi) is 7.91. The summed E-state index contributed by atoms with van der Waals surface area (Å²) < 4.78 is 10.7. The van der Waals surface area contributed by atoms with E-state index < -0.39 is 23.7 Å². The molecule has 0 unspecified atom stereocenters. The molecule has 146 valence electrons. The van der Waals surface area contributed by atoms with Crippen molar-refractivity contribution in [3.8, 4) is 17.9 Å². The molecule has 1 aromatic rings. The fourth-order valence-electron chi connectivity index (χ4n) is 2.83. The number of nitrogens with zero attached hydrogens (tertiary/aromatic N) is 2. The molecule has 0 aliphatic carbocycles. The second kappa shape index (κ2) is 10.4. The first-order chi connectivity index (χ1) is 13.6. The van der Waals surface area contributed by atoms with Gasteiger partial charge in [-0.15, -0.1) is 0 Å². The number of esters is 1. The molecule has 8 heteroatoms. The van der Waals surface area contributed by atoms with Crippen molar-refractivity contribution in [2.24, 2.45) is 5.92 Å². The maximum atomic E-state index is 12.5. The van der Waals surface area contributed by atoms with Gasteiger partial charge in [-0.05, 0) is 19.4 Å². The number of carbonyl (C=O) groups is 2. The topological polar surface area (TPSA) is 112 Å². The van der Waals surface area contributed by atoms with Gasteiger partial charge in [0.2, 0.25) is 5.91 Å². The summed E-state index contributed by atoms with van der Waals surface area (Å²) in [5, 5.41) is 22.2. The number of benzene rings is 1. The summed E-state index contributed by atoms with van der Waals surface area (Å²) in [5.74, 6) is -2.32. The highest BCUT2D eigenvalue weighted by Crippen LogP contribution is 2.42. The van der Waals surface area contributed by atoms with Crippen LogP contribution in [0.2, 0.25) is 0 Å². The molecule has 0 aromatic heterocycles. The van der Waals surface area contributed by atoms with Gasteiger partial charge in [-0.1, -0.05) is 36.9 Å². The van der Waals surface area contributed by atoms with Crippen LogP contribution >= 0.6 is 11.8 Å². The van der Waals surface area contributed by atoms with Gasteiger partial charge in [0.25, 0.3) is 0 Å². The monoisotopic (exact) mass is 399 g/mol. The summed E-state index contributed by atoms with van der Waals surface area (Å²) in [5.41, 5.74) is 0.820. The maximum absolute atomic E-state index is 12.5. The zero-order valence-electron chi connectivity index (χ0n) is 15.7. The van der Waals surface area contributed by atoms with Gasteiger partial charge in [-0.3, -0.25) is 9.59 Å². The highest BCUT2D eigenvalue weighted by atomic mass is 32.2. The van der Waals surface area contributed by atoms with E-state index in [2.05, 4.69) is 11.4 Å². The van der Waals surface area contributed by atoms with E-state index in [0.29, 0.717) is 30.9 Å². The van der Waals surface area contributed by atoms with Crippen molar-refractivity contribution in [2.75, 3.05) is 19.0 Å². The van der Waals surface area contributed by atoms with Gasteiger partial charge in [0.05, 0.1) is 47.6 Å². The number of allylic oxidation sites excluding steroid dienone is 1. The fourth-order valence-corrected chi connectivity index (χ4v) is 3.68. The Labute approximate surface area is 168 Å². The summed E-state index contributed by atoms with van der Waals surface area (Å²) in [6, 6.07) is 11.1. The van der Waals surface area contributed by atoms with Crippen LogP contribution in [0.25, 0.3) is 0 Å². The number of hydrogen-bond acceptors (Lipinski definition) is 7. The van der Waals surface area contributed by atoms with E-state index in [0.717, 1.165) is 11.8 Å². The van der Waals surface area contributed by atoms with Gasteiger partial charge in [-0.25, -0.2) is 0 Å². The zero-order chi connectivity index (χ0) is 20.5. The van der Waals surface area contributed by atoms with Crippen molar-refractivity contribution in [1.82, 2.24) is 5.32 Å². The molecule has 2 rings (SSSR count). The number of thioether (sulfide) groups is 1. The number of carbonyl (C=O) groups excluding carboxylic acids is 2. The Bertz CT molecular complexity index is 854. The normalized spacial score (nSPS) is 18.6. The molecule has 1 heterocycles. The minimum absolute atomic E-state index is 0.0438. The summed E-state index contributed by atoms with van der Waals surface area (Å²) >= 11 is 1.02. The van der Waals surface area contributed by atoms with Crippen molar-refractivity contribution >= 4 is 23.6 Å². The van der Waals surface area contributed by atoms with E-state index in [-0.39, 0.29) is 16.4 Å². The number of ether oxygens (including phenoxy) is 2. The predicted octanol–water partition coefficient (Wildman–Crippen LogP) is 2.86. The first-order valence-corrected chi connectivity index (χ1v) is 9.90. The Morgan fingerprint density at radius 3 is 2.68 bits per heavy atom. The lowest BCUT2D eigenvalue weighted by atomic mass is 9.79. The van der Waals surface area contributed by atoms with Crippen LogP contribution in [0.1, 0.15) is 31.7 Å². The zero-order valence-corrected chi connectivity index (χ0v) is 16.5. The van der Waals surface area contributed by atoms with Crippen molar-refractivity contribution in [3.05, 3.63) is 40.4 Å². The summed E-state index contributed by atoms with van der Waals surface area (Å²) in [6.07, 6.45) is 0.708. The largest absolute Gasteiger partial charge is 0.494 e.